The predicted octanol–water partition coefficient (Wildman–Crippen LogP) is 1.86. The molecule has 0 saturated carbocycles. The molecular weight excluding hydrogens is 219 g/mol. The molecule has 14 heavy (non-hydrogen) atoms. The first-order chi connectivity index (χ1) is 6.36. The topological polar surface area (TPSA) is 50.2 Å². The van der Waals surface area contributed by atoms with Crippen molar-refractivity contribution in [2.75, 3.05) is 0 Å². The van der Waals surface area contributed by atoms with Gasteiger partial charge in [0.2, 0.25) is 6.10 Å². The lowest BCUT2D eigenvalue weighted by Crippen LogP contribution is -2.19. The van der Waals surface area contributed by atoms with Crippen LogP contribution >= 0.6 is 11.3 Å². The van der Waals surface area contributed by atoms with Gasteiger partial charge in [0.05, 0.1) is 10.6 Å². The molecule has 1 atom stereocenters. The van der Waals surface area contributed by atoms with E-state index in [4.69, 9.17) is 5.11 Å². The number of rotatable bonds is 2. The van der Waals surface area contributed by atoms with Gasteiger partial charge in [-0.05, 0) is 6.92 Å². The number of hydrogen-bond donors (Lipinski definition) is 1. The molecule has 0 fully saturated rings. The number of alkyl halides is 3. The van der Waals surface area contributed by atoms with E-state index in [-0.39, 0.29) is 10.6 Å². The van der Waals surface area contributed by atoms with Gasteiger partial charge >= 0.3 is 6.18 Å². The molecule has 1 aromatic rings. The molecule has 1 rings (SSSR count). The van der Waals surface area contributed by atoms with Crippen molar-refractivity contribution in [3.8, 4) is 0 Å². The van der Waals surface area contributed by atoms with Crippen LogP contribution in [0.1, 0.15) is 26.5 Å². The van der Waals surface area contributed by atoms with E-state index in [0.717, 1.165) is 0 Å². The van der Waals surface area contributed by atoms with Gasteiger partial charge in [0.1, 0.15) is 5.01 Å². The minimum Gasteiger partial charge on any atom is -0.377 e. The summed E-state index contributed by atoms with van der Waals surface area (Å²) < 4.78 is 36.0. The van der Waals surface area contributed by atoms with Crippen molar-refractivity contribution in [1.82, 2.24) is 4.98 Å². The Hall–Kier alpha value is -0.950. The summed E-state index contributed by atoms with van der Waals surface area (Å²) in [6, 6.07) is 0. The highest BCUT2D eigenvalue weighted by atomic mass is 32.1. The van der Waals surface area contributed by atoms with E-state index in [1.165, 1.54) is 6.92 Å². The van der Waals surface area contributed by atoms with Crippen molar-refractivity contribution in [3.63, 3.8) is 0 Å². The number of aliphatic hydroxyl groups is 1. The highest BCUT2D eigenvalue weighted by molar-refractivity contribution is 7.13. The van der Waals surface area contributed by atoms with E-state index >= 15 is 0 Å². The molecule has 0 bridgehead atoms. The molecular formula is C7H6F3NO2S. The maximum absolute atomic E-state index is 12.0. The summed E-state index contributed by atoms with van der Waals surface area (Å²) in [5.41, 5.74) is 0.198. The summed E-state index contributed by atoms with van der Waals surface area (Å²) in [4.78, 5) is 13.9. The largest absolute Gasteiger partial charge is 0.420 e. The van der Waals surface area contributed by atoms with Crippen LogP contribution in [0.2, 0.25) is 0 Å². The summed E-state index contributed by atoms with van der Waals surface area (Å²) in [6.45, 7) is 1.41. The predicted molar refractivity (Wildman–Crippen MR) is 43.3 cm³/mol. The summed E-state index contributed by atoms with van der Waals surface area (Å²) in [6.07, 6.45) is -6.94. The Balaban J connectivity index is 3.03. The smallest absolute Gasteiger partial charge is 0.377 e. The Bertz CT molecular complexity index is 347. The number of thiazole rings is 1. The third kappa shape index (κ3) is 2.10. The van der Waals surface area contributed by atoms with Gasteiger partial charge < -0.3 is 5.11 Å². The van der Waals surface area contributed by atoms with Gasteiger partial charge in [-0.3, -0.25) is 4.79 Å². The van der Waals surface area contributed by atoms with Crippen molar-refractivity contribution >= 4 is 17.6 Å². The molecule has 78 valence electrons. The molecule has 0 aliphatic rings. The third-order valence-electron chi connectivity index (χ3n) is 1.50. The Morgan fingerprint density at radius 3 is 2.50 bits per heavy atom. The van der Waals surface area contributed by atoms with Crippen LogP contribution in [0.15, 0.2) is 0 Å². The number of nitrogens with zero attached hydrogens (tertiary/aromatic N) is 1. The number of carbonyl (C=O) groups excluding carboxylic acids is 1. The minimum atomic E-state index is -4.75. The molecule has 1 heterocycles. The molecule has 0 aliphatic carbocycles. The third-order valence-corrected chi connectivity index (χ3v) is 2.64. The van der Waals surface area contributed by atoms with Crippen LogP contribution in [-0.2, 0) is 0 Å². The van der Waals surface area contributed by atoms with E-state index in [1.807, 2.05) is 0 Å². The van der Waals surface area contributed by atoms with Gasteiger partial charge in [0.25, 0.3) is 0 Å². The SMILES string of the molecule is Cc1nc(C(O)C(F)(F)F)sc1C=O. The summed E-state index contributed by atoms with van der Waals surface area (Å²) >= 11 is 0.545. The van der Waals surface area contributed by atoms with Crippen LogP contribution in [0.3, 0.4) is 0 Å². The average molecular weight is 225 g/mol. The molecule has 0 aromatic carbocycles. The fraction of sp³-hybridized carbons (Fsp3) is 0.429. The van der Waals surface area contributed by atoms with Crippen molar-refractivity contribution in [2.45, 2.75) is 19.2 Å². The number of aldehydes is 1. The van der Waals surface area contributed by atoms with Gasteiger partial charge in [-0.25, -0.2) is 4.98 Å². The second kappa shape index (κ2) is 3.66. The van der Waals surface area contributed by atoms with Crippen molar-refractivity contribution in [3.05, 3.63) is 15.6 Å². The van der Waals surface area contributed by atoms with Gasteiger partial charge in [0, 0.05) is 0 Å². The Labute approximate surface area is 81.2 Å². The first-order valence-corrected chi connectivity index (χ1v) is 4.35. The molecule has 1 unspecified atom stereocenters. The highest BCUT2D eigenvalue weighted by Gasteiger charge is 2.41. The zero-order chi connectivity index (χ0) is 10.9. The van der Waals surface area contributed by atoms with E-state index in [1.54, 1.807) is 0 Å². The fourth-order valence-corrected chi connectivity index (χ4v) is 1.69. The maximum atomic E-state index is 12.0. The van der Waals surface area contributed by atoms with Crippen LogP contribution in [0.4, 0.5) is 13.2 Å². The quantitative estimate of drug-likeness (QED) is 0.781. The summed E-state index contributed by atoms with van der Waals surface area (Å²) in [5, 5.41) is 8.29. The number of hydrogen-bond acceptors (Lipinski definition) is 4. The van der Waals surface area contributed by atoms with Crippen LogP contribution in [0, 0.1) is 6.92 Å². The first-order valence-electron chi connectivity index (χ1n) is 3.53. The average Bonchev–Trinajstić information content (AvgIpc) is 2.43. The second-order valence-electron chi connectivity index (χ2n) is 2.56. The Morgan fingerprint density at radius 2 is 2.14 bits per heavy atom. The van der Waals surface area contributed by atoms with E-state index in [9.17, 15) is 18.0 Å². The molecule has 0 amide bonds. The molecule has 0 aliphatic heterocycles. The van der Waals surface area contributed by atoms with Gasteiger partial charge in [-0.2, -0.15) is 13.2 Å². The molecule has 3 nitrogen and oxygen atoms in total. The van der Waals surface area contributed by atoms with Crippen LogP contribution in [0.25, 0.3) is 0 Å². The van der Waals surface area contributed by atoms with Crippen molar-refractivity contribution in [1.29, 1.82) is 0 Å². The molecule has 0 radical (unpaired) electrons. The Kier molecular flexibility index (Phi) is 2.91. The lowest BCUT2D eigenvalue weighted by atomic mass is 10.3. The zero-order valence-corrected chi connectivity index (χ0v) is 7.82. The monoisotopic (exact) mass is 225 g/mol. The molecule has 1 aromatic heterocycles. The zero-order valence-electron chi connectivity index (χ0n) is 7.00. The number of aryl methyl sites for hydroxylation is 1. The van der Waals surface area contributed by atoms with Crippen molar-refractivity contribution < 1.29 is 23.1 Å². The fourth-order valence-electron chi connectivity index (χ4n) is 0.796. The number of halogens is 3. The molecule has 7 heteroatoms. The number of aliphatic hydroxyl groups excluding tert-OH is 1. The Morgan fingerprint density at radius 1 is 1.57 bits per heavy atom. The standard InChI is InChI=1S/C7H6F3NO2S/c1-3-4(2-12)14-6(11-3)5(13)7(8,9)10/h2,5,13H,1H3. The highest BCUT2D eigenvalue weighted by Crippen LogP contribution is 2.34. The lowest BCUT2D eigenvalue weighted by molar-refractivity contribution is -0.206. The van der Waals surface area contributed by atoms with Gasteiger partial charge in [0.15, 0.2) is 6.29 Å². The van der Waals surface area contributed by atoms with Crippen LogP contribution < -0.4 is 0 Å². The first kappa shape index (κ1) is 11.1. The van der Waals surface area contributed by atoms with E-state index in [2.05, 4.69) is 4.98 Å². The minimum absolute atomic E-state index is 0.100. The van der Waals surface area contributed by atoms with E-state index < -0.39 is 17.3 Å². The second-order valence-corrected chi connectivity index (χ2v) is 3.63. The lowest BCUT2D eigenvalue weighted by Gasteiger charge is -2.10. The molecule has 0 spiro atoms. The molecule has 1 N–H and O–H groups in total. The number of aromatic nitrogens is 1. The van der Waals surface area contributed by atoms with E-state index in [0.29, 0.717) is 17.6 Å². The van der Waals surface area contributed by atoms with Crippen LogP contribution in [-0.4, -0.2) is 22.6 Å². The number of carbonyl (C=O) groups is 1. The molecule has 0 saturated heterocycles. The van der Waals surface area contributed by atoms with Crippen LogP contribution in [0.5, 0.6) is 0 Å². The summed E-state index contributed by atoms with van der Waals surface area (Å²) in [7, 11) is 0. The van der Waals surface area contributed by atoms with Gasteiger partial charge in [-0.15, -0.1) is 11.3 Å². The maximum Gasteiger partial charge on any atom is 0.420 e. The van der Waals surface area contributed by atoms with Crippen molar-refractivity contribution in [2.24, 2.45) is 0 Å². The normalized spacial score (nSPS) is 14.1. The summed E-state index contributed by atoms with van der Waals surface area (Å²) in [5.74, 6) is 0. The van der Waals surface area contributed by atoms with Gasteiger partial charge in [-0.1, -0.05) is 0 Å².